The van der Waals surface area contributed by atoms with Crippen LogP contribution in [0.2, 0.25) is 0 Å². The summed E-state index contributed by atoms with van der Waals surface area (Å²) in [5.74, 6) is 0.0207. The summed E-state index contributed by atoms with van der Waals surface area (Å²) in [7, 11) is 0. The third-order valence-corrected chi connectivity index (χ3v) is 2.87. The number of Topliss-reactive ketones (excluding diaryl/α,β-unsaturated/α-hetero) is 1. The molecule has 1 atom stereocenters. The monoisotopic (exact) mass is 195 g/mol. The van der Waals surface area contributed by atoms with Gasteiger partial charge in [-0.1, -0.05) is 6.08 Å². The van der Waals surface area contributed by atoms with Gasteiger partial charge in [-0.05, 0) is 30.4 Å². The van der Waals surface area contributed by atoms with E-state index in [9.17, 15) is 4.79 Å². The van der Waals surface area contributed by atoms with Gasteiger partial charge < -0.3 is 5.73 Å². The highest BCUT2D eigenvalue weighted by atomic mass is 32.1. The molecule has 0 spiro atoms. The fourth-order valence-corrected chi connectivity index (χ4v) is 2.01. The third-order valence-electron chi connectivity index (χ3n) is 1.84. The average Bonchev–Trinajstić information content (AvgIpc) is 2.50. The molecule has 0 aliphatic carbocycles. The van der Waals surface area contributed by atoms with E-state index in [0.29, 0.717) is 6.42 Å². The molecule has 1 aromatic heterocycles. The second kappa shape index (κ2) is 4.35. The van der Waals surface area contributed by atoms with E-state index in [-0.39, 0.29) is 5.78 Å². The molecule has 13 heavy (non-hydrogen) atoms. The average molecular weight is 195 g/mol. The van der Waals surface area contributed by atoms with Crippen molar-refractivity contribution in [1.29, 1.82) is 0 Å². The van der Waals surface area contributed by atoms with Crippen molar-refractivity contribution >= 4 is 17.1 Å². The Hall–Kier alpha value is -0.930. The molecule has 1 aromatic rings. The number of thiophene rings is 1. The maximum Gasteiger partial charge on any atom is 0.189 e. The molecule has 0 saturated heterocycles. The van der Waals surface area contributed by atoms with Crippen LogP contribution in [0, 0.1) is 6.92 Å². The molecule has 1 rings (SSSR count). The lowest BCUT2D eigenvalue weighted by Crippen LogP contribution is -2.29. The minimum Gasteiger partial charge on any atom is -0.321 e. The number of hydrogen-bond acceptors (Lipinski definition) is 3. The SMILES string of the molecule is C=CCC(N)C(=O)c1sccc1C. The van der Waals surface area contributed by atoms with Gasteiger partial charge in [0.05, 0.1) is 10.9 Å². The smallest absolute Gasteiger partial charge is 0.189 e. The molecule has 0 aliphatic rings. The van der Waals surface area contributed by atoms with Crippen LogP contribution in [0.3, 0.4) is 0 Å². The highest BCUT2D eigenvalue weighted by molar-refractivity contribution is 7.12. The number of rotatable bonds is 4. The van der Waals surface area contributed by atoms with Crippen LogP contribution >= 0.6 is 11.3 Å². The molecule has 1 heterocycles. The van der Waals surface area contributed by atoms with Gasteiger partial charge in [-0.25, -0.2) is 0 Å². The van der Waals surface area contributed by atoms with Crippen molar-refractivity contribution in [1.82, 2.24) is 0 Å². The van der Waals surface area contributed by atoms with Gasteiger partial charge >= 0.3 is 0 Å². The van der Waals surface area contributed by atoms with E-state index in [1.807, 2.05) is 18.4 Å². The molecule has 0 saturated carbocycles. The normalized spacial score (nSPS) is 12.5. The molecule has 0 radical (unpaired) electrons. The molecule has 0 amide bonds. The highest BCUT2D eigenvalue weighted by Crippen LogP contribution is 2.17. The standard InChI is InChI=1S/C10H13NOS/c1-3-4-8(11)9(12)10-7(2)5-6-13-10/h3,5-6,8H,1,4,11H2,2H3. The van der Waals surface area contributed by atoms with Crippen LogP contribution < -0.4 is 5.73 Å². The summed E-state index contributed by atoms with van der Waals surface area (Å²) in [5, 5.41) is 1.91. The minimum atomic E-state index is -0.435. The molecule has 3 heteroatoms. The first-order valence-electron chi connectivity index (χ1n) is 4.11. The van der Waals surface area contributed by atoms with Crippen molar-refractivity contribution in [3.8, 4) is 0 Å². The van der Waals surface area contributed by atoms with Crippen LogP contribution in [0.4, 0.5) is 0 Å². The lowest BCUT2D eigenvalue weighted by Gasteiger charge is -2.06. The van der Waals surface area contributed by atoms with Gasteiger partial charge in [0, 0.05) is 0 Å². The van der Waals surface area contributed by atoms with E-state index in [2.05, 4.69) is 6.58 Å². The van der Waals surface area contributed by atoms with Crippen LogP contribution in [0.25, 0.3) is 0 Å². The summed E-state index contributed by atoms with van der Waals surface area (Å²) in [6.07, 6.45) is 2.21. The van der Waals surface area contributed by atoms with Crippen molar-refractivity contribution < 1.29 is 4.79 Å². The number of nitrogens with two attached hydrogens (primary N) is 1. The van der Waals surface area contributed by atoms with E-state index >= 15 is 0 Å². The second-order valence-corrected chi connectivity index (χ2v) is 3.84. The van der Waals surface area contributed by atoms with Crippen molar-refractivity contribution in [3.63, 3.8) is 0 Å². The summed E-state index contributed by atoms with van der Waals surface area (Å²) in [4.78, 5) is 12.4. The molecule has 1 unspecified atom stereocenters. The van der Waals surface area contributed by atoms with Crippen molar-refractivity contribution in [2.75, 3.05) is 0 Å². The lowest BCUT2D eigenvalue weighted by atomic mass is 10.1. The van der Waals surface area contributed by atoms with Gasteiger partial charge in [-0.2, -0.15) is 0 Å². The Morgan fingerprint density at radius 3 is 3.00 bits per heavy atom. The molecular formula is C10H13NOS. The van der Waals surface area contributed by atoms with Crippen LogP contribution in [-0.2, 0) is 0 Å². The summed E-state index contributed by atoms with van der Waals surface area (Å²) < 4.78 is 0. The second-order valence-electron chi connectivity index (χ2n) is 2.93. The number of ketones is 1. The lowest BCUT2D eigenvalue weighted by molar-refractivity contribution is 0.0965. The molecular weight excluding hydrogens is 182 g/mol. The summed E-state index contributed by atoms with van der Waals surface area (Å²) in [5.41, 5.74) is 6.68. The molecule has 2 N–H and O–H groups in total. The number of hydrogen-bond donors (Lipinski definition) is 1. The third kappa shape index (κ3) is 2.26. The van der Waals surface area contributed by atoms with E-state index in [0.717, 1.165) is 10.4 Å². The number of carbonyl (C=O) groups excluding carboxylic acids is 1. The molecule has 0 fully saturated rings. The Labute approximate surface area is 82.1 Å². The van der Waals surface area contributed by atoms with Crippen LogP contribution in [0.15, 0.2) is 24.1 Å². The number of aryl methyl sites for hydroxylation is 1. The largest absolute Gasteiger partial charge is 0.321 e. The van der Waals surface area contributed by atoms with Crippen molar-refractivity contribution in [2.24, 2.45) is 5.73 Å². The van der Waals surface area contributed by atoms with Gasteiger partial charge in [0.1, 0.15) is 0 Å². The first-order valence-corrected chi connectivity index (χ1v) is 4.99. The maximum absolute atomic E-state index is 11.7. The molecule has 0 bridgehead atoms. The van der Waals surface area contributed by atoms with Crippen LogP contribution in [-0.4, -0.2) is 11.8 Å². The molecule has 0 aromatic carbocycles. The fourth-order valence-electron chi connectivity index (χ4n) is 1.08. The van der Waals surface area contributed by atoms with Crippen LogP contribution in [0.1, 0.15) is 21.7 Å². The molecule has 70 valence electrons. The zero-order valence-corrected chi connectivity index (χ0v) is 8.43. The van der Waals surface area contributed by atoms with E-state index in [4.69, 9.17) is 5.73 Å². The van der Waals surface area contributed by atoms with E-state index in [1.165, 1.54) is 11.3 Å². The van der Waals surface area contributed by atoms with Gasteiger partial charge in [0.15, 0.2) is 5.78 Å². The summed E-state index contributed by atoms with van der Waals surface area (Å²) in [6, 6.07) is 1.49. The fraction of sp³-hybridized carbons (Fsp3) is 0.300. The van der Waals surface area contributed by atoms with Gasteiger partial charge in [0.2, 0.25) is 0 Å². The topological polar surface area (TPSA) is 43.1 Å². The predicted octanol–water partition coefficient (Wildman–Crippen LogP) is 2.14. The summed E-state index contributed by atoms with van der Waals surface area (Å²) in [6.45, 7) is 5.48. The van der Waals surface area contributed by atoms with Crippen LogP contribution in [0.5, 0.6) is 0 Å². The Kier molecular flexibility index (Phi) is 3.39. The summed E-state index contributed by atoms with van der Waals surface area (Å²) >= 11 is 1.45. The van der Waals surface area contributed by atoms with Gasteiger partial charge in [0.25, 0.3) is 0 Å². The zero-order chi connectivity index (χ0) is 9.84. The Bertz CT molecular complexity index is 316. The van der Waals surface area contributed by atoms with Crippen molar-refractivity contribution in [3.05, 3.63) is 34.5 Å². The first kappa shape index (κ1) is 10.2. The first-order chi connectivity index (χ1) is 6.16. The van der Waals surface area contributed by atoms with E-state index < -0.39 is 6.04 Å². The quantitative estimate of drug-likeness (QED) is 0.591. The van der Waals surface area contributed by atoms with Crippen molar-refractivity contribution in [2.45, 2.75) is 19.4 Å². The Balaban J connectivity index is 2.79. The zero-order valence-electron chi connectivity index (χ0n) is 7.62. The molecule has 2 nitrogen and oxygen atoms in total. The Morgan fingerprint density at radius 2 is 2.54 bits per heavy atom. The number of carbonyl (C=O) groups is 1. The van der Waals surface area contributed by atoms with Gasteiger partial charge in [-0.3, -0.25) is 4.79 Å². The van der Waals surface area contributed by atoms with E-state index in [1.54, 1.807) is 6.08 Å². The maximum atomic E-state index is 11.7. The van der Waals surface area contributed by atoms with Gasteiger partial charge in [-0.15, -0.1) is 17.9 Å². The Morgan fingerprint density at radius 1 is 1.85 bits per heavy atom. The predicted molar refractivity (Wildman–Crippen MR) is 56.2 cm³/mol. The molecule has 0 aliphatic heterocycles. The minimum absolute atomic E-state index is 0.0207. The highest BCUT2D eigenvalue weighted by Gasteiger charge is 2.16.